The SMILES string of the molecule is COc1cc(C(F)(F)C(F)(F)C(F)(F)C(F)(F)C(F)(F)C(F)(F)c2cc(OC)c(N)c(C(C)C)c2)cc(C(C)C)c1N. The van der Waals surface area contributed by atoms with E-state index in [0.717, 1.165) is 14.2 Å². The summed E-state index contributed by atoms with van der Waals surface area (Å²) in [6, 6.07) is 0.380. The van der Waals surface area contributed by atoms with Crippen LogP contribution in [0, 0.1) is 0 Å². The summed E-state index contributed by atoms with van der Waals surface area (Å²) in [5.74, 6) is -46.2. The van der Waals surface area contributed by atoms with Crippen molar-refractivity contribution in [2.75, 3.05) is 25.7 Å². The van der Waals surface area contributed by atoms with Crippen molar-refractivity contribution in [2.24, 2.45) is 0 Å². The monoisotopic (exact) mass is 628 g/mol. The van der Waals surface area contributed by atoms with Crippen LogP contribution in [0.4, 0.5) is 64.1 Å². The molecular formula is C26H28F12N2O2. The largest absolute Gasteiger partial charge is 0.495 e. The molecule has 4 nitrogen and oxygen atoms in total. The second-order valence-electron chi connectivity index (χ2n) is 10.1. The molecule has 0 aliphatic rings. The van der Waals surface area contributed by atoms with E-state index in [0.29, 0.717) is 0 Å². The number of anilines is 2. The predicted octanol–water partition coefficient (Wildman–Crippen LogP) is 8.54. The zero-order valence-electron chi connectivity index (χ0n) is 23.0. The minimum atomic E-state index is -7.78. The Labute approximate surface area is 232 Å². The van der Waals surface area contributed by atoms with Crippen molar-refractivity contribution in [1.29, 1.82) is 0 Å². The van der Waals surface area contributed by atoms with Gasteiger partial charge < -0.3 is 20.9 Å². The summed E-state index contributed by atoms with van der Waals surface area (Å²) in [6.45, 7) is 5.25. The van der Waals surface area contributed by atoms with Gasteiger partial charge in [0.15, 0.2) is 0 Å². The van der Waals surface area contributed by atoms with E-state index < -0.39 is 81.4 Å². The fourth-order valence-electron chi connectivity index (χ4n) is 4.10. The van der Waals surface area contributed by atoms with Gasteiger partial charge in [0, 0.05) is 11.1 Å². The smallest absolute Gasteiger partial charge is 0.385 e. The van der Waals surface area contributed by atoms with Crippen LogP contribution in [0.2, 0.25) is 0 Å². The fraction of sp³-hybridized carbons (Fsp3) is 0.538. The third kappa shape index (κ3) is 4.93. The molecule has 0 saturated heterocycles. The normalized spacial score (nSPS) is 14.1. The summed E-state index contributed by atoms with van der Waals surface area (Å²) in [7, 11) is 1.66. The second-order valence-corrected chi connectivity index (χ2v) is 10.1. The molecule has 0 saturated carbocycles. The molecule has 2 aromatic rings. The summed E-state index contributed by atoms with van der Waals surface area (Å²) in [5.41, 5.74) is 5.67. The van der Waals surface area contributed by atoms with Gasteiger partial charge in [0.1, 0.15) is 11.5 Å². The quantitative estimate of drug-likeness (QED) is 0.193. The average molecular weight is 628 g/mol. The van der Waals surface area contributed by atoms with E-state index in [2.05, 4.69) is 9.47 Å². The number of nitrogens with two attached hydrogens (primary N) is 2. The molecule has 0 bridgehead atoms. The van der Waals surface area contributed by atoms with Crippen molar-refractivity contribution >= 4 is 11.4 Å². The minimum Gasteiger partial charge on any atom is -0.495 e. The summed E-state index contributed by atoms with van der Waals surface area (Å²) >= 11 is 0. The lowest BCUT2D eigenvalue weighted by molar-refractivity contribution is -0.429. The number of halogens is 12. The lowest BCUT2D eigenvalue weighted by Gasteiger charge is -2.41. The number of hydrogen-bond donors (Lipinski definition) is 2. The van der Waals surface area contributed by atoms with Crippen LogP contribution in [-0.4, -0.2) is 37.9 Å². The van der Waals surface area contributed by atoms with Crippen molar-refractivity contribution in [3.8, 4) is 11.5 Å². The van der Waals surface area contributed by atoms with E-state index >= 15 is 17.6 Å². The summed E-state index contributed by atoms with van der Waals surface area (Å²) in [5, 5.41) is 0. The van der Waals surface area contributed by atoms with Gasteiger partial charge in [-0.25, -0.2) is 0 Å². The Morgan fingerprint density at radius 2 is 0.762 bits per heavy atom. The zero-order chi connectivity index (χ0) is 33.0. The number of methoxy groups -OCH3 is 2. The third-order valence-corrected chi connectivity index (χ3v) is 6.73. The number of ether oxygens (including phenoxy) is 2. The van der Waals surface area contributed by atoms with E-state index in [4.69, 9.17) is 11.5 Å². The van der Waals surface area contributed by atoms with E-state index in [1.807, 2.05) is 0 Å². The molecule has 42 heavy (non-hydrogen) atoms. The number of nitrogen functional groups attached to an aromatic ring is 2. The molecule has 2 rings (SSSR count). The molecule has 0 amide bonds. The Morgan fingerprint density at radius 3 is 0.976 bits per heavy atom. The maximum Gasteiger partial charge on any atom is 0.385 e. The maximum atomic E-state index is 15.0. The first kappa shape index (κ1) is 35.0. The van der Waals surface area contributed by atoms with E-state index in [-0.39, 0.29) is 35.4 Å². The van der Waals surface area contributed by atoms with Gasteiger partial charge >= 0.3 is 35.5 Å². The van der Waals surface area contributed by atoms with Gasteiger partial charge in [-0.3, -0.25) is 0 Å². The molecule has 2 aromatic carbocycles. The highest BCUT2D eigenvalue weighted by atomic mass is 19.4. The Bertz CT molecular complexity index is 1210. The summed E-state index contributed by atoms with van der Waals surface area (Å²) in [4.78, 5) is 0. The lowest BCUT2D eigenvalue weighted by Crippen LogP contribution is -2.69. The number of hydrogen-bond acceptors (Lipinski definition) is 4. The summed E-state index contributed by atoms with van der Waals surface area (Å²) in [6.07, 6.45) is 0. The minimum absolute atomic E-state index is 0.0180. The van der Waals surface area contributed by atoms with Crippen LogP contribution >= 0.6 is 0 Å². The van der Waals surface area contributed by atoms with Crippen LogP contribution in [0.1, 0.15) is 61.8 Å². The Hall–Kier alpha value is -3.20. The van der Waals surface area contributed by atoms with Crippen LogP contribution < -0.4 is 20.9 Å². The van der Waals surface area contributed by atoms with Crippen molar-refractivity contribution in [3.63, 3.8) is 0 Å². The van der Waals surface area contributed by atoms with Gasteiger partial charge in [0.05, 0.1) is 25.6 Å². The Kier molecular flexibility index (Phi) is 9.01. The topological polar surface area (TPSA) is 70.5 Å². The van der Waals surface area contributed by atoms with E-state index in [9.17, 15) is 35.1 Å². The highest BCUT2D eigenvalue weighted by molar-refractivity contribution is 5.63. The van der Waals surface area contributed by atoms with Crippen LogP contribution in [0.15, 0.2) is 24.3 Å². The molecule has 0 heterocycles. The predicted molar refractivity (Wildman–Crippen MR) is 131 cm³/mol. The molecule has 0 aliphatic carbocycles. The maximum absolute atomic E-state index is 15.0. The summed E-state index contributed by atoms with van der Waals surface area (Å²) < 4.78 is 188. The van der Waals surface area contributed by atoms with Gasteiger partial charge in [0.2, 0.25) is 0 Å². The fourth-order valence-corrected chi connectivity index (χ4v) is 4.10. The molecule has 0 atom stereocenters. The van der Waals surface area contributed by atoms with Gasteiger partial charge in [0.25, 0.3) is 0 Å². The van der Waals surface area contributed by atoms with Crippen molar-refractivity contribution < 1.29 is 62.2 Å². The van der Waals surface area contributed by atoms with Crippen LogP contribution in [0.5, 0.6) is 11.5 Å². The molecule has 0 aliphatic heterocycles. The first-order chi connectivity index (χ1) is 18.8. The molecule has 0 fully saturated rings. The van der Waals surface area contributed by atoms with Gasteiger partial charge in [-0.15, -0.1) is 0 Å². The molecule has 0 unspecified atom stereocenters. The van der Waals surface area contributed by atoms with Gasteiger partial charge in [-0.2, -0.15) is 52.7 Å². The standard InChI is InChI=1S/C26H28F12N2O2/c1-11(2)15-7-13(9-17(41-5)19(15)39)21(27,28)23(31,32)25(35,36)26(37,38)24(33,34)22(29,30)14-8-16(12(3)4)20(40)18(10-14)42-6/h7-12H,39-40H2,1-6H3. The highest BCUT2D eigenvalue weighted by Crippen LogP contribution is 2.64. The highest BCUT2D eigenvalue weighted by Gasteiger charge is 2.90. The molecule has 16 heteroatoms. The van der Waals surface area contributed by atoms with Gasteiger partial charge in [-0.05, 0) is 47.2 Å². The van der Waals surface area contributed by atoms with Crippen LogP contribution in [0.25, 0.3) is 0 Å². The molecule has 0 radical (unpaired) electrons. The Balaban J connectivity index is 2.78. The number of benzene rings is 2. The third-order valence-electron chi connectivity index (χ3n) is 6.73. The van der Waals surface area contributed by atoms with Gasteiger partial charge in [-0.1, -0.05) is 27.7 Å². The van der Waals surface area contributed by atoms with E-state index in [1.54, 1.807) is 0 Å². The van der Waals surface area contributed by atoms with E-state index in [1.165, 1.54) is 27.7 Å². The molecule has 0 aromatic heterocycles. The van der Waals surface area contributed by atoms with Crippen LogP contribution in [0.3, 0.4) is 0 Å². The average Bonchev–Trinajstić information content (AvgIpc) is 2.87. The second kappa shape index (κ2) is 10.8. The van der Waals surface area contributed by atoms with Crippen molar-refractivity contribution in [1.82, 2.24) is 0 Å². The molecule has 4 N–H and O–H groups in total. The molecular weight excluding hydrogens is 600 g/mol. The lowest BCUT2D eigenvalue weighted by atomic mass is 9.85. The first-order valence-electron chi connectivity index (χ1n) is 12.0. The number of rotatable bonds is 11. The zero-order valence-corrected chi connectivity index (χ0v) is 23.0. The first-order valence-corrected chi connectivity index (χ1v) is 12.0. The molecule has 0 spiro atoms. The Morgan fingerprint density at radius 1 is 0.500 bits per heavy atom. The number of alkyl halides is 12. The van der Waals surface area contributed by atoms with Crippen molar-refractivity contribution in [3.05, 3.63) is 46.5 Å². The van der Waals surface area contributed by atoms with Crippen molar-refractivity contribution in [2.45, 2.75) is 75.1 Å². The van der Waals surface area contributed by atoms with Crippen LogP contribution in [-0.2, 0) is 11.8 Å². The molecule has 238 valence electrons.